The molecule has 1 heterocycles. The largest absolute Gasteiger partial charge is 0.289 e. The lowest BCUT2D eigenvalue weighted by Gasteiger charge is -2.26. The number of nitrogens with zero attached hydrogens (tertiary/aromatic N) is 1. The first-order valence-corrected chi connectivity index (χ1v) is 11.1. The van der Waals surface area contributed by atoms with Crippen molar-refractivity contribution in [3.8, 4) is 11.1 Å². The minimum atomic E-state index is -0.529. The zero-order chi connectivity index (χ0) is 21.5. The number of amides is 3. The molecule has 0 spiro atoms. The van der Waals surface area contributed by atoms with Crippen molar-refractivity contribution in [3.05, 3.63) is 53.6 Å². The molecule has 0 aliphatic carbocycles. The average Bonchev–Trinajstić information content (AvgIpc) is 2.76. The number of benzene rings is 2. The topological polar surface area (TPSA) is 86.7 Å². The Morgan fingerprint density at radius 1 is 1.03 bits per heavy atom. The van der Waals surface area contributed by atoms with Gasteiger partial charge < -0.3 is 0 Å². The average molecular weight is 447 g/mol. The van der Waals surface area contributed by atoms with Crippen molar-refractivity contribution in [1.82, 2.24) is 10.4 Å². The number of halogens is 1. The number of imide groups is 1. The summed E-state index contributed by atoms with van der Waals surface area (Å²) in [7, 11) is 0. The predicted molar refractivity (Wildman–Crippen MR) is 116 cm³/mol. The lowest BCUT2D eigenvalue weighted by molar-refractivity contribution is -0.148. The van der Waals surface area contributed by atoms with Gasteiger partial charge in [0.2, 0.25) is 17.7 Å². The molecule has 0 aromatic heterocycles. The van der Waals surface area contributed by atoms with E-state index in [1.807, 2.05) is 48.5 Å². The number of hydrogen-bond acceptors (Lipinski definition) is 5. The summed E-state index contributed by atoms with van der Waals surface area (Å²) in [5, 5.41) is 9.75. The lowest BCUT2D eigenvalue weighted by atomic mass is 10.0. The van der Waals surface area contributed by atoms with Gasteiger partial charge in [-0.25, -0.2) is 5.48 Å². The van der Waals surface area contributed by atoms with Crippen molar-refractivity contribution in [1.29, 1.82) is 0 Å². The van der Waals surface area contributed by atoms with Crippen molar-refractivity contribution in [2.45, 2.75) is 30.6 Å². The van der Waals surface area contributed by atoms with Gasteiger partial charge in [0.15, 0.2) is 0 Å². The van der Waals surface area contributed by atoms with Gasteiger partial charge in [0.05, 0.1) is 5.92 Å². The number of nitrogens with one attached hydrogen (secondary N) is 1. The molecule has 2 aromatic carbocycles. The molecule has 1 aliphatic heterocycles. The Labute approximate surface area is 184 Å². The van der Waals surface area contributed by atoms with Crippen molar-refractivity contribution in [2.75, 3.05) is 12.3 Å². The Kier molecular flexibility index (Phi) is 7.90. The third-order valence-corrected chi connectivity index (χ3v) is 6.48. The van der Waals surface area contributed by atoms with Crippen LogP contribution >= 0.6 is 23.4 Å². The van der Waals surface area contributed by atoms with Gasteiger partial charge in [-0.2, -0.15) is 0 Å². The molecule has 3 amide bonds. The van der Waals surface area contributed by atoms with E-state index in [1.165, 1.54) is 16.7 Å². The van der Waals surface area contributed by atoms with Crippen LogP contribution in [-0.4, -0.2) is 40.1 Å². The maximum Gasteiger partial charge on any atom is 0.247 e. The fourth-order valence-corrected chi connectivity index (χ4v) is 4.46. The minimum Gasteiger partial charge on any atom is -0.289 e. The molecule has 0 radical (unpaired) electrons. The third kappa shape index (κ3) is 5.84. The van der Waals surface area contributed by atoms with E-state index in [2.05, 4.69) is 0 Å². The van der Waals surface area contributed by atoms with Crippen molar-refractivity contribution >= 4 is 41.1 Å². The molecule has 0 bridgehead atoms. The van der Waals surface area contributed by atoms with Crippen LogP contribution in [0.4, 0.5) is 0 Å². The Hall–Kier alpha value is -2.35. The summed E-state index contributed by atoms with van der Waals surface area (Å²) in [5.74, 6) is -1.02. The first-order chi connectivity index (χ1) is 14.5. The number of carbonyl (C=O) groups excluding carboxylic acids is 3. The van der Waals surface area contributed by atoms with Gasteiger partial charge in [-0.3, -0.25) is 24.5 Å². The van der Waals surface area contributed by atoms with E-state index in [0.717, 1.165) is 16.0 Å². The van der Waals surface area contributed by atoms with E-state index in [9.17, 15) is 14.4 Å². The highest BCUT2D eigenvalue weighted by Gasteiger charge is 2.28. The van der Waals surface area contributed by atoms with Crippen LogP contribution in [0.15, 0.2) is 53.4 Å². The number of rotatable bonds is 8. The molecule has 8 heteroatoms. The number of carbonyl (C=O) groups is 3. The molecular weight excluding hydrogens is 424 g/mol. The van der Waals surface area contributed by atoms with Crippen LogP contribution in [0.5, 0.6) is 0 Å². The summed E-state index contributed by atoms with van der Waals surface area (Å²) in [5.41, 5.74) is 3.81. The van der Waals surface area contributed by atoms with E-state index in [0.29, 0.717) is 36.5 Å². The van der Waals surface area contributed by atoms with E-state index in [4.69, 9.17) is 16.8 Å². The molecule has 1 fully saturated rings. The van der Waals surface area contributed by atoms with E-state index in [1.54, 1.807) is 5.48 Å². The molecule has 1 atom stereocenters. The second-order valence-corrected chi connectivity index (χ2v) is 8.63. The quantitative estimate of drug-likeness (QED) is 0.275. The molecule has 3 rings (SSSR count). The normalized spacial score (nSPS) is 15.2. The predicted octanol–water partition coefficient (Wildman–Crippen LogP) is 4.15. The Morgan fingerprint density at radius 2 is 1.60 bits per heavy atom. The second-order valence-electron chi connectivity index (χ2n) is 7.10. The minimum absolute atomic E-state index is 0.186. The Morgan fingerprint density at radius 3 is 2.17 bits per heavy atom. The van der Waals surface area contributed by atoms with E-state index < -0.39 is 11.8 Å². The Balaban J connectivity index is 1.58. The van der Waals surface area contributed by atoms with Crippen molar-refractivity contribution < 1.29 is 19.6 Å². The molecule has 1 saturated heterocycles. The summed E-state index contributed by atoms with van der Waals surface area (Å²) in [6, 6.07) is 15.5. The molecule has 2 aromatic rings. The van der Waals surface area contributed by atoms with Crippen molar-refractivity contribution in [2.24, 2.45) is 5.92 Å². The van der Waals surface area contributed by atoms with Crippen LogP contribution in [0.2, 0.25) is 5.02 Å². The summed E-state index contributed by atoms with van der Waals surface area (Å²) in [4.78, 5) is 38.2. The van der Waals surface area contributed by atoms with Crippen LogP contribution in [0.3, 0.4) is 0 Å². The van der Waals surface area contributed by atoms with Crippen LogP contribution in [0, 0.1) is 5.92 Å². The highest BCUT2D eigenvalue weighted by molar-refractivity contribution is 7.99. The molecular formula is C22H23ClN2O4S. The lowest BCUT2D eigenvalue weighted by Crippen LogP contribution is -2.42. The third-order valence-electron chi connectivity index (χ3n) is 5.05. The maximum absolute atomic E-state index is 12.1. The van der Waals surface area contributed by atoms with E-state index in [-0.39, 0.29) is 18.4 Å². The molecule has 1 unspecified atom stereocenters. The first-order valence-electron chi connectivity index (χ1n) is 9.74. The number of thioether (sulfide) groups is 1. The molecule has 30 heavy (non-hydrogen) atoms. The molecule has 2 N–H and O–H groups in total. The smallest absolute Gasteiger partial charge is 0.247 e. The fourth-order valence-electron chi connectivity index (χ4n) is 3.30. The molecule has 158 valence electrons. The summed E-state index contributed by atoms with van der Waals surface area (Å²) in [6.45, 7) is 0.186. The zero-order valence-corrected chi connectivity index (χ0v) is 17.9. The van der Waals surface area contributed by atoms with Gasteiger partial charge in [-0.15, -0.1) is 11.8 Å². The SMILES string of the molecule is O=C(NO)C(CCN1C(=O)CCCC1=O)CSc1ccc(-c2ccc(Cl)cc2)cc1. The van der Waals surface area contributed by atoms with Crippen LogP contribution < -0.4 is 5.48 Å². The maximum atomic E-state index is 12.1. The number of hydrogen-bond donors (Lipinski definition) is 2. The standard InChI is InChI=1S/C22H23ClN2O4S/c23-18-8-4-15(5-9-18)16-6-10-19(11-7-16)30-14-17(22(28)24-29)12-13-25-20(26)2-1-3-21(25)27/h4-11,17,29H,1-3,12-14H2,(H,24,28). The monoisotopic (exact) mass is 446 g/mol. The summed E-state index contributed by atoms with van der Waals surface area (Å²) < 4.78 is 0. The Bertz CT molecular complexity index is 886. The molecule has 0 saturated carbocycles. The highest BCUT2D eigenvalue weighted by atomic mass is 35.5. The molecule has 6 nitrogen and oxygen atoms in total. The summed E-state index contributed by atoms with van der Waals surface area (Å²) >= 11 is 7.42. The number of likely N-dealkylation sites (tertiary alicyclic amines) is 1. The van der Waals surface area contributed by atoms with Gasteiger partial charge in [0.25, 0.3) is 0 Å². The van der Waals surface area contributed by atoms with Crippen LogP contribution in [0.25, 0.3) is 11.1 Å². The number of hydroxylamine groups is 1. The molecule has 1 aliphatic rings. The van der Waals surface area contributed by atoms with Crippen LogP contribution in [0.1, 0.15) is 25.7 Å². The summed E-state index contributed by atoms with van der Waals surface area (Å²) in [6.07, 6.45) is 1.60. The number of piperidine rings is 1. The van der Waals surface area contributed by atoms with Crippen LogP contribution in [-0.2, 0) is 14.4 Å². The van der Waals surface area contributed by atoms with Gasteiger partial charge in [0, 0.05) is 35.1 Å². The van der Waals surface area contributed by atoms with Crippen molar-refractivity contribution in [3.63, 3.8) is 0 Å². The van der Waals surface area contributed by atoms with E-state index >= 15 is 0 Å². The van der Waals surface area contributed by atoms with Gasteiger partial charge in [-0.05, 0) is 48.2 Å². The van der Waals surface area contributed by atoms with Gasteiger partial charge >= 0.3 is 0 Å². The van der Waals surface area contributed by atoms with Gasteiger partial charge in [-0.1, -0.05) is 35.9 Å². The highest BCUT2D eigenvalue weighted by Crippen LogP contribution is 2.27. The fraction of sp³-hybridized carbons (Fsp3) is 0.318. The second kappa shape index (κ2) is 10.6. The first kappa shape index (κ1) is 22.3. The zero-order valence-electron chi connectivity index (χ0n) is 16.3. The van der Waals surface area contributed by atoms with Gasteiger partial charge in [0.1, 0.15) is 0 Å².